The lowest BCUT2D eigenvalue weighted by molar-refractivity contribution is 0.0929. The summed E-state index contributed by atoms with van der Waals surface area (Å²) in [5, 5.41) is 6.39. The SMILES string of the molecule is O=C(NC1CCCNCC1)c1cc(Br)c[nH]1. The fraction of sp³-hybridized carbons (Fsp3) is 0.545. The van der Waals surface area contributed by atoms with E-state index in [1.165, 1.54) is 0 Å². The number of amides is 1. The molecule has 0 aliphatic carbocycles. The lowest BCUT2D eigenvalue weighted by atomic mass is 10.1. The van der Waals surface area contributed by atoms with Crippen molar-refractivity contribution in [3.05, 3.63) is 22.4 Å². The summed E-state index contributed by atoms with van der Waals surface area (Å²) in [6, 6.07) is 2.09. The van der Waals surface area contributed by atoms with Gasteiger partial charge >= 0.3 is 0 Å². The molecule has 1 amide bonds. The highest BCUT2D eigenvalue weighted by atomic mass is 79.9. The van der Waals surface area contributed by atoms with Crippen molar-refractivity contribution >= 4 is 21.8 Å². The molecular formula is C11H16BrN3O. The van der Waals surface area contributed by atoms with Gasteiger partial charge in [0.2, 0.25) is 0 Å². The highest BCUT2D eigenvalue weighted by molar-refractivity contribution is 9.10. The molecule has 5 heteroatoms. The minimum atomic E-state index is -0.0161. The topological polar surface area (TPSA) is 56.9 Å². The first kappa shape index (κ1) is 11.7. The molecule has 0 bridgehead atoms. The minimum absolute atomic E-state index is 0.0161. The number of rotatable bonds is 2. The van der Waals surface area contributed by atoms with Gasteiger partial charge in [0, 0.05) is 16.7 Å². The van der Waals surface area contributed by atoms with Crippen molar-refractivity contribution in [3.8, 4) is 0 Å². The van der Waals surface area contributed by atoms with E-state index in [9.17, 15) is 4.79 Å². The standard InChI is InChI=1S/C11H16BrN3O/c12-8-6-10(14-7-8)11(16)15-9-2-1-4-13-5-3-9/h6-7,9,13-14H,1-5H2,(H,15,16). The second kappa shape index (κ2) is 5.50. The Morgan fingerprint density at radius 1 is 1.44 bits per heavy atom. The van der Waals surface area contributed by atoms with Crippen LogP contribution in [-0.2, 0) is 0 Å². The molecule has 1 saturated heterocycles. The Hall–Kier alpha value is -0.810. The van der Waals surface area contributed by atoms with Crippen LogP contribution in [0.1, 0.15) is 29.8 Å². The van der Waals surface area contributed by atoms with E-state index < -0.39 is 0 Å². The van der Waals surface area contributed by atoms with Crippen LogP contribution in [0.5, 0.6) is 0 Å². The molecule has 0 spiro atoms. The van der Waals surface area contributed by atoms with Crippen molar-refractivity contribution in [2.45, 2.75) is 25.3 Å². The lowest BCUT2D eigenvalue weighted by Crippen LogP contribution is -2.35. The molecule has 2 heterocycles. The molecule has 3 N–H and O–H groups in total. The smallest absolute Gasteiger partial charge is 0.267 e. The number of halogens is 1. The Balaban J connectivity index is 1.90. The molecule has 1 aliphatic heterocycles. The van der Waals surface area contributed by atoms with Gasteiger partial charge in [0.1, 0.15) is 5.69 Å². The molecule has 88 valence electrons. The van der Waals surface area contributed by atoms with Crippen molar-refractivity contribution < 1.29 is 4.79 Å². The first-order valence-electron chi connectivity index (χ1n) is 5.61. The number of carbonyl (C=O) groups is 1. The van der Waals surface area contributed by atoms with Crippen molar-refractivity contribution in [1.29, 1.82) is 0 Å². The number of hydrogen-bond acceptors (Lipinski definition) is 2. The summed E-state index contributed by atoms with van der Waals surface area (Å²) in [5.41, 5.74) is 0.615. The lowest BCUT2D eigenvalue weighted by Gasteiger charge is -2.15. The molecule has 1 fully saturated rings. The van der Waals surface area contributed by atoms with Crippen LogP contribution in [0.2, 0.25) is 0 Å². The van der Waals surface area contributed by atoms with Crippen molar-refractivity contribution in [1.82, 2.24) is 15.6 Å². The Bertz CT molecular complexity index is 356. The van der Waals surface area contributed by atoms with Crippen molar-refractivity contribution in [3.63, 3.8) is 0 Å². The van der Waals surface area contributed by atoms with Gasteiger partial charge in [-0.15, -0.1) is 0 Å². The van der Waals surface area contributed by atoms with E-state index in [2.05, 4.69) is 31.5 Å². The van der Waals surface area contributed by atoms with Gasteiger partial charge in [-0.05, 0) is 54.3 Å². The summed E-state index contributed by atoms with van der Waals surface area (Å²) in [7, 11) is 0. The Morgan fingerprint density at radius 2 is 2.31 bits per heavy atom. The highest BCUT2D eigenvalue weighted by Crippen LogP contribution is 2.11. The van der Waals surface area contributed by atoms with E-state index in [4.69, 9.17) is 0 Å². The maximum atomic E-state index is 11.9. The highest BCUT2D eigenvalue weighted by Gasteiger charge is 2.16. The summed E-state index contributed by atoms with van der Waals surface area (Å²) >= 11 is 3.32. The zero-order valence-corrected chi connectivity index (χ0v) is 10.6. The second-order valence-electron chi connectivity index (χ2n) is 4.08. The quantitative estimate of drug-likeness (QED) is 0.774. The molecule has 0 radical (unpaired) electrons. The molecule has 0 aromatic carbocycles. The maximum Gasteiger partial charge on any atom is 0.267 e. The molecule has 2 rings (SSSR count). The molecule has 4 nitrogen and oxygen atoms in total. The maximum absolute atomic E-state index is 11.9. The van der Waals surface area contributed by atoms with E-state index in [1.807, 2.05) is 0 Å². The molecule has 16 heavy (non-hydrogen) atoms. The summed E-state index contributed by atoms with van der Waals surface area (Å²) in [4.78, 5) is 14.8. The number of aromatic nitrogens is 1. The first-order valence-corrected chi connectivity index (χ1v) is 6.40. The predicted octanol–water partition coefficient (Wildman–Crippen LogP) is 1.65. The van der Waals surface area contributed by atoms with Crippen LogP contribution in [0.4, 0.5) is 0 Å². The number of hydrogen-bond donors (Lipinski definition) is 3. The zero-order valence-electron chi connectivity index (χ0n) is 9.05. The third-order valence-corrected chi connectivity index (χ3v) is 3.26. The molecule has 1 atom stereocenters. The van der Waals surface area contributed by atoms with Gasteiger partial charge in [0.05, 0.1) is 0 Å². The molecule has 1 unspecified atom stereocenters. The Labute approximate surface area is 103 Å². The largest absolute Gasteiger partial charge is 0.356 e. The summed E-state index contributed by atoms with van der Waals surface area (Å²) in [6.07, 6.45) is 4.96. The third kappa shape index (κ3) is 3.09. The molecule has 1 aromatic rings. The van der Waals surface area contributed by atoms with E-state index >= 15 is 0 Å². The van der Waals surface area contributed by atoms with Crippen molar-refractivity contribution in [2.24, 2.45) is 0 Å². The monoisotopic (exact) mass is 285 g/mol. The number of nitrogens with one attached hydrogen (secondary N) is 3. The van der Waals surface area contributed by atoms with Gasteiger partial charge < -0.3 is 15.6 Å². The van der Waals surface area contributed by atoms with E-state index in [1.54, 1.807) is 12.3 Å². The average Bonchev–Trinajstić information content (AvgIpc) is 2.54. The van der Waals surface area contributed by atoms with E-state index in [0.29, 0.717) is 11.7 Å². The van der Waals surface area contributed by atoms with E-state index in [0.717, 1.165) is 36.8 Å². The van der Waals surface area contributed by atoms with Crippen LogP contribution in [0.15, 0.2) is 16.7 Å². The molecule has 1 aliphatic rings. The van der Waals surface area contributed by atoms with Crippen LogP contribution in [0, 0.1) is 0 Å². The van der Waals surface area contributed by atoms with Crippen LogP contribution < -0.4 is 10.6 Å². The van der Waals surface area contributed by atoms with Crippen LogP contribution in [0.3, 0.4) is 0 Å². The fourth-order valence-corrected chi connectivity index (χ4v) is 2.27. The van der Waals surface area contributed by atoms with Gasteiger partial charge in [-0.2, -0.15) is 0 Å². The first-order chi connectivity index (χ1) is 7.75. The summed E-state index contributed by atoms with van der Waals surface area (Å²) in [6.45, 7) is 2.04. The fourth-order valence-electron chi connectivity index (χ4n) is 1.93. The number of carbonyl (C=O) groups excluding carboxylic acids is 1. The van der Waals surface area contributed by atoms with Gasteiger partial charge in [0.25, 0.3) is 5.91 Å². The van der Waals surface area contributed by atoms with Gasteiger partial charge in [-0.25, -0.2) is 0 Å². The Morgan fingerprint density at radius 3 is 3.06 bits per heavy atom. The van der Waals surface area contributed by atoms with Gasteiger partial charge in [-0.3, -0.25) is 4.79 Å². The van der Waals surface area contributed by atoms with Crippen LogP contribution in [0.25, 0.3) is 0 Å². The molecule has 0 saturated carbocycles. The van der Waals surface area contributed by atoms with Gasteiger partial charge in [0.15, 0.2) is 0 Å². The second-order valence-corrected chi connectivity index (χ2v) is 5.00. The van der Waals surface area contributed by atoms with Crippen molar-refractivity contribution in [2.75, 3.05) is 13.1 Å². The van der Waals surface area contributed by atoms with Crippen LogP contribution in [-0.4, -0.2) is 30.0 Å². The van der Waals surface area contributed by atoms with E-state index in [-0.39, 0.29) is 5.91 Å². The van der Waals surface area contributed by atoms with Gasteiger partial charge in [-0.1, -0.05) is 0 Å². The average molecular weight is 286 g/mol. The summed E-state index contributed by atoms with van der Waals surface area (Å²) in [5.74, 6) is -0.0161. The number of aromatic amines is 1. The minimum Gasteiger partial charge on any atom is -0.356 e. The predicted molar refractivity (Wildman–Crippen MR) is 66.5 cm³/mol. The third-order valence-electron chi connectivity index (χ3n) is 2.80. The van der Waals surface area contributed by atoms with Crippen LogP contribution >= 0.6 is 15.9 Å². The normalized spacial score (nSPS) is 21.4. The molecule has 1 aromatic heterocycles. The zero-order chi connectivity index (χ0) is 11.4. The Kier molecular flexibility index (Phi) is 4.01. The number of H-pyrrole nitrogens is 1. The molecular weight excluding hydrogens is 270 g/mol. The summed E-state index contributed by atoms with van der Waals surface area (Å²) < 4.78 is 0.903.